The maximum absolute atomic E-state index is 11.2. The largest absolute Gasteiger partial charge is 0.530 e. The Morgan fingerprint density at radius 3 is 2.65 bits per heavy atom. The minimum Gasteiger partial charge on any atom is -0.530 e. The van der Waals surface area contributed by atoms with E-state index in [2.05, 4.69) is 15.0 Å². The van der Waals surface area contributed by atoms with Crippen LogP contribution in [0.15, 0.2) is 35.4 Å². The van der Waals surface area contributed by atoms with Gasteiger partial charge < -0.3 is 9.90 Å². The summed E-state index contributed by atoms with van der Waals surface area (Å²) < 4.78 is 1.47. The Balaban J connectivity index is 2.45. The molecule has 0 spiro atoms. The number of carboxylic acid groups (broad SMARTS) is 1. The molecule has 0 saturated heterocycles. The Labute approximate surface area is 94.6 Å². The molecule has 0 atom stereocenters. The number of carbonyl (C=O) groups is 1. The summed E-state index contributed by atoms with van der Waals surface area (Å²) in [6, 6.07) is 5.22. The summed E-state index contributed by atoms with van der Waals surface area (Å²) in [5.41, 5.74) is -0.713. The molecule has 86 valence electrons. The topological polar surface area (TPSA) is 115 Å². The molecule has 2 rings (SSSR count). The van der Waals surface area contributed by atoms with E-state index >= 15 is 0 Å². The monoisotopic (exact) mass is 233 g/mol. The van der Waals surface area contributed by atoms with Gasteiger partial charge in [0.25, 0.3) is 5.95 Å². The van der Waals surface area contributed by atoms with Crippen molar-refractivity contribution in [1.82, 2.24) is 15.0 Å². The second-order valence-corrected chi connectivity index (χ2v) is 3.00. The molecule has 0 unspecified atom stereocenters. The first-order valence-corrected chi connectivity index (χ1v) is 4.58. The number of aromatic nitrogens is 4. The van der Waals surface area contributed by atoms with E-state index in [-0.39, 0.29) is 11.9 Å². The van der Waals surface area contributed by atoms with Crippen LogP contribution in [0.4, 0.5) is 10.7 Å². The molecule has 0 aromatic carbocycles. The van der Waals surface area contributed by atoms with E-state index in [4.69, 9.17) is 0 Å². The van der Waals surface area contributed by atoms with Gasteiger partial charge in [-0.25, -0.2) is 14.3 Å². The number of nitrogens with one attached hydrogen (secondary N) is 2. The molecule has 17 heavy (non-hydrogen) atoms. The van der Waals surface area contributed by atoms with Crippen molar-refractivity contribution in [2.75, 3.05) is 5.32 Å². The summed E-state index contributed by atoms with van der Waals surface area (Å²) in [7, 11) is 0. The van der Waals surface area contributed by atoms with Crippen LogP contribution in [0.5, 0.6) is 0 Å². The number of pyridine rings is 1. The molecule has 2 N–H and O–H groups in total. The molecule has 0 bridgehead atoms. The molecule has 0 saturated carbocycles. The second kappa shape index (κ2) is 4.39. The Morgan fingerprint density at radius 2 is 2.00 bits per heavy atom. The molecular formula is C9H7N5O3. The third-order valence-electron chi connectivity index (χ3n) is 1.81. The average molecular weight is 233 g/mol. The van der Waals surface area contributed by atoms with Crippen molar-refractivity contribution in [2.24, 2.45) is 0 Å². The Bertz CT molecular complexity index is 595. The first-order valence-electron chi connectivity index (χ1n) is 4.58. The number of amides is 1. The third-order valence-corrected chi connectivity index (χ3v) is 1.81. The van der Waals surface area contributed by atoms with Gasteiger partial charge in [-0.2, -0.15) is 0 Å². The minimum absolute atomic E-state index is 0.0538. The van der Waals surface area contributed by atoms with Gasteiger partial charge in [-0.15, -0.1) is 0 Å². The fourth-order valence-electron chi connectivity index (χ4n) is 1.18. The molecular weight excluding hydrogens is 226 g/mol. The van der Waals surface area contributed by atoms with Crippen LogP contribution in [0, 0.1) is 0 Å². The summed E-state index contributed by atoms with van der Waals surface area (Å²) >= 11 is 0. The third kappa shape index (κ3) is 2.62. The Morgan fingerprint density at radius 1 is 1.29 bits per heavy atom. The van der Waals surface area contributed by atoms with E-state index in [0.29, 0.717) is 0 Å². The van der Waals surface area contributed by atoms with Crippen LogP contribution in [0.2, 0.25) is 0 Å². The number of aromatic amines is 1. The predicted octanol–water partition coefficient (Wildman–Crippen LogP) is -1.80. The lowest BCUT2D eigenvalue weighted by Crippen LogP contribution is -2.37. The van der Waals surface area contributed by atoms with Crippen LogP contribution < -0.4 is 20.7 Å². The molecule has 2 aromatic rings. The van der Waals surface area contributed by atoms with Crippen molar-refractivity contribution < 1.29 is 14.5 Å². The lowest BCUT2D eigenvalue weighted by molar-refractivity contribution is -0.603. The first kappa shape index (κ1) is 10.7. The molecule has 2 aromatic heterocycles. The number of hydrogen-bond donors (Lipinski definition) is 2. The smallest absolute Gasteiger partial charge is 0.445 e. The average Bonchev–Trinajstić information content (AvgIpc) is 2.28. The molecule has 2 heterocycles. The summed E-state index contributed by atoms with van der Waals surface area (Å²) in [5.74, 6) is -0.186. The van der Waals surface area contributed by atoms with Crippen molar-refractivity contribution in [3.05, 3.63) is 41.1 Å². The standard InChI is InChI=1S/C9H7N5O3/c15-8-11-6(12-9(16)17)10-7(13-8)14-4-2-1-3-5-14/h1-5H,(H2-,10,11,12,13,15,16,17). The summed E-state index contributed by atoms with van der Waals surface area (Å²) in [5, 5.41) is 12.2. The van der Waals surface area contributed by atoms with Crippen LogP contribution in [-0.2, 0) is 0 Å². The zero-order chi connectivity index (χ0) is 12.3. The van der Waals surface area contributed by atoms with E-state index in [0.717, 1.165) is 0 Å². The van der Waals surface area contributed by atoms with Gasteiger partial charge in [0.1, 0.15) is 6.09 Å². The van der Waals surface area contributed by atoms with Gasteiger partial charge in [0.2, 0.25) is 0 Å². The lowest BCUT2D eigenvalue weighted by atomic mass is 10.5. The van der Waals surface area contributed by atoms with Crippen LogP contribution in [0.25, 0.3) is 5.95 Å². The molecule has 0 aliphatic carbocycles. The second-order valence-electron chi connectivity index (χ2n) is 3.00. The van der Waals surface area contributed by atoms with Gasteiger partial charge in [-0.3, -0.25) is 5.32 Å². The summed E-state index contributed by atoms with van der Waals surface area (Å²) in [6.45, 7) is 0. The molecule has 1 amide bonds. The number of carbonyl (C=O) groups excluding carboxylic acids is 1. The van der Waals surface area contributed by atoms with E-state index in [9.17, 15) is 14.7 Å². The number of H-pyrrole nitrogens is 1. The highest BCUT2D eigenvalue weighted by Crippen LogP contribution is 1.93. The fourth-order valence-corrected chi connectivity index (χ4v) is 1.18. The van der Waals surface area contributed by atoms with Gasteiger partial charge in [-0.1, -0.05) is 6.07 Å². The molecule has 0 radical (unpaired) electrons. The van der Waals surface area contributed by atoms with Crippen molar-refractivity contribution in [3.8, 4) is 5.95 Å². The Hall–Kier alpha value is -2.77. The summed E-state index contributed by atoms with van der Waals surface area (Å²) in [4.78, 5) is 31.0. The molecule has 8 heteroatoms. The van der Waals surface area contributed by atoms with Crippen molar-refractivity contribution in [3.63, 3.8) is 0 Å². The van der Waals surface area contributed by atoms with Gasteiger partial charge in [0.05, 0.1) is 12.4 Å². The number of anilines is 1. The molecule has 0 fully saturated rings. The van der Waals surface area contributed by atoms with E-state index < -0.39 is 11.8 Å². The molecule has 0 aliphatic rings. The Kier molecular flexibility index (Phi) is 2.77. The number of hydrogen-bond acceptors (Lipinski definition) is 5. The zero-order valence-electron chi connectivity index (χ0n) is 8.45. The normalized spacial score (nSPS) is 9.88. The summed E-state index contributed by atoms with van der Waals surface area (Å²) in [6.07, 6.45) is 1.68. The first-order chi connectivity index (χ1) is 8.15. The van der Waals surface area contributed by atoms with E-state index in [1.54, 1.807) is 30.6 Å². The highest BCUT2D eigenvalue weighted by Gasteiger charge is 2.14. The highest BCUT2D eigenvalue weighted by molar-refractivity contribution is 5.78. The minimum atomic E-state index is -1.57. The maximum Gasteiger partial charge on any atom is 0.445 e. The van der Waals surface area contributed by atoms with E-state index in [1.165, 1.54) is 4.57 Å². The van der Waals surface area contributed by atoms with Crippen molar-refractivity contribution >= 4 is 12.0 Å². The zero-order valence-corrected chi connectivity index (χ0v) is 8.45. The van der Waals surface area contributed by atoms with Gasteiger partial charge >= 0.3 is 11.6 Å². The van der Waals surface area contributed by atoms with E-state index in [1.807, 2.05) is 5.32 Å². The van der Waals surface area contributed by atoms with Crippen LogP contribution in [0.1, 0.15) is 0 Å². The van der Waals surface area contributed by atoms with Crippen LogP contribution in [-0.4, -0.2) is 21.0 Å². The quantitative estimate of drug-likeness (QED) is 0.593. The molecule has 0 aliphatic heterocycles. The van der Waals surface area contributed by atoms with Crippen molar-refractivity contribution in [1.29, 1.82) is 0 Å². The van der Waals surface area contributed by atoms with Gasteiger partial charge in [0, 0.05) is 0 Å². The molecule has 8 nitrogen and oxygen atoms in total. The SMILES string of the molecule is O=C([O-])Nc1nc(-[n+]2ccccc2)nc(=O)[nH]1. The van der Waals surface area contributed by atoms with Crippen molar-refractivity contribution in [2.45, 2.75) is 0 Å². The predicted molar refractivity (Wildman–Crippen MR) is 53.2 cm³/mol. The lowest BCUT2D eigenvalue weighted by Gasteiger charge is -2.01. The van der Waals surface area contributed by atoms with Gasteiger partial charge in [-0.05, 0) is 22.1 Å². The maximum atomic E-state index is 11.2. The van der Waals surface area contributed by atoms with Gasteiger partial charge in [0.15, 0.2) is 0 Å². The highest BCUT2D eigenvalue weighted by atomic mass is 16.4. The number of rotatable bonds is 2. The van der Waals surface area contributed by atoms with Crippen LogP contribution in [0.3, 0.4) is 0 Å². The number of nitrogens with zero attached hydrogens (tertiary/aromatic N) is 3. The fraction of sp³-hybridized carbons (Fsp3) is 0. The van der Waals surface area contributed by atoms with Crippen LogP contribution >= 0.6 is 0 Å².